The van der Waals surface area contributed by atoms with Crippen LogP contribution in [0.25, 0.3) is 0 Å². The van der Waals surface area contributed by atoms with E-state index < -0.39 is 0 Å². The summed E-state index contributed by atoms with van der Waals surface area (Å²) in [6, 6.07) is -0.162. The highest BCUT2D eigenvalue weighted by atomic mass is 32.2. The number of thioether (sulfide) groups is 1. The Morgan fingerprint density at radius 2 is 2.24 bits per heavy atom. The summed E-state index contributed by atoms with van der Waals surface area (Å²) in [6.45, 7) is 3.03. The van der Waals surface area contributed by atoms with E-state index in [0.29, 0.717) is 25.1 Å². The molecule has 0 radical (unpaired) electrons. The second-order valence-electron chi connectivity index (χ2n) is 3.92. The Morgan fingerprint density at radius 1 is 1.47 bits per heavy atom. The van der Waals surface area contributed by atoms with Crippen LogP contribution in [-0.2, 0) is 4.74 Å². The average Bonchev–Trinajstić information content (AvgIpc) is 2.86. The van der Waals surface area contributed by atoms with Crippen LogP contribution >= 0.6 is 11.8 Å². The van der Waals surface area contributed by atoms with E-state index in [1.54, 1.807) is 11.8 Å². The van der Waals surface area contributed by atoms with E-state index in [4.69, 9.17) is 15.0 Å². The van der Waals surface area contributed by atoms with Crippen molar-refractivity contribution in [3.05, 3.63) is 5.89 Å². The second-order valence-corrected chi connectivity index (χ2v) is 4.91. The van der Waals surface area contributed by atoms with E-state index in [2.05, 4.69) is 21.3 Å². The molecule has 0 amide bonds. The molecule has 1 atom stereocenters. The van der Waals surface area contributed by atoms with Gasteiger partial charge in [-0.05, 0) is 23.6 Å². The van der Waals surface area contributed by atoms with Crippen LogP contribution in [0.2, 0.25) is 0 Å². The number of hydrogen-bond donors (Lipinski definition) is 1. The zero-order valence-electron chi connectivity index (χ0n) is 9.96. The minimum Gasteiger partial charge on any atom is -0.378 e. The lowest BCUT2D eigenvalue weighted by molar-refractivity contribution is 0.121. The molecule has 1 aromatic rings. The van der Waals surface area contributed by atoms with Crippen LogP contribution in [0.4, 0.5) is 5.95 Å². The smallest absolute Gasteiger partial charge is 0.266 e. The summed E-state index contributed by atoms with van der Waals surface area (Å²) in [6.07, 6.45) is 2.91. The van der Waals surface area contributed by atoms with Crippen LogP contribution in [0.1, 0.15) is 18.4 Å². The van der Waals surface area contributed by atoms with Gasteiger partial charge < -0.3 is 19.9 Å². The number of ether oxygens (including phenoxy) is 1. The van der Waals surface area contributed by atoms with Crippen molar-refractivity contribution < 1.29 is 9.26 Å². The Hall–Kier alpha value is -0.790. The molecule has 0 aromatic carbocycles. The minimum absolute atomic E-state index is 0.162. The summed E-state index contributed by atoms with van der Waals surface area (Å²) in [5, 5.41) is 3.97. The highest BCUT2D eigenvalue weighted by molar-refractivity contribution is 7.98. The number of morpholine rings is 1. The maximum Gasteiger partial charge on any atom is 0.266 e. The van der Waals surface area contributed by atoms with Crippen LogP contribution in [-0.4, -0.2) is 48.5 Å². The maximum absolute atomic E-state index is 5.97. The van der Waals surface area contributed by atoms with Gasteiger partial charge in [0.25, 0.3) is 5.95 Å². The highest BCUT2D eigenvalue weighted by Crippen LogP contribution is 2.18. The van der Waals surface area contributed by atoms with Gasteiger partial charge in [0.2, 0.25) is 5.89 Å². The molecule has 1 saturated heterocycles. The molecule has 17 heavy (non-hydrogen) atoms. The van der Waals surface area contributed by atoms with E-state index in [9.17, 15) is 0 Å². The van der Waals surface area contributed by atoms with Gasteiger partial charge in [-0.2, -0.15) is 16.7 Å². The van der Waals surface area contributed by atoms with Crippen molar-refractivity contribution in [3.63, 3.8) is 0 Å². The maximum atomic E-state index is 5.97. The number of anilines is 1. The van der Waals surface area contributed by atoms with Gasteiger partial charge in [0.05, 0.1) is 19.3 Å². The first-order valence-electron chi connectivity index (χ1n) is 5.72. The van der Waals surface area contributed by atoms with Crippen molar-refractivity contribution in [2.75, 3.05) is 43.2 Å². The molecule has 1 aromatic heterocycles. The van der Waals surface area contributed by atoms with Gasteiger partial charge in [-0.15, -0.1) is 0 Å². The van der Waals surface area contributed by atoms with Crippen molar-refractivity contribution in [1.82, 2.24) is 10.1 Å². The third kappa shape index (κ3) is 3.34. The normalized spacial score (nSPS) is 18.4. The van der Waals surface area contributed by atoms with Crippen molar-refractivity contribution >= 4 is 17.7 Å². The van der Waals surface area contributed by atoms with Crippen LogP contribution < -0.4 is 10.6 Å². The molecule has 1 aliphatic heterocycles. The number of aromatic nitrogens is 2. The van der Waals surface area contributed by atoms with E-state index in [1.807, 2.05) is 0 Å². The number of rotatable bonds is 5. The van der Waals surface area contributed by atoms with Crippen LogP contribution in [0.15, 0.2) is 4.52 Å². The van der Waals surface area contributed by atoms with Crippen molar-refractivity contribution in [3.8, 4) is 0 Å². The quantitative estimate of drug-likeness (QED) is 0.831. The number of nitrogens with zero attached hydrogens (tertiary/aromatic N) is 3. The zero-order valence-corrected chi connectivity index (χ0v) is 10.8. The van der Waals surface area contributed by atoms with E-state index in [1.165, 1.54) is 0 Å². The van der Waals surface area contributed by atoms with Gasteiger partial charge in [-0.25, -0.2) is 0 Å². The SMILES string of the molecule is CSCC[C@H](N)c1nc(N2CCOCC2)no1. The van der Waals surface area contributed by atoms with Crippen molar-refractivity contribution in [2.24, 2.45) is 5.73 Å². The van der Waals surface area contributed by atoms with Crippen LogP contribution in [0, 0.1) is 0 Å². The monoisotopic (exact) mass is 258 g/mol. The van der Waals surface area contributed by atoms with E-state index in [0.717, 1.165) is 25.3 Å². The molecule has 6 nitrogen and oxygen atoms in total. The van der Waals surface area contributed by atoms with Gasteiger partial charge in [0.1, 0.15) is 0 Å². The van der Waals surface area contributed by atoms with Gasteiger partial charge in [-0.1, -0.05) is 0 Å². The van der Waals surface area contributed by atoms with Crippen LogP contribution in [0.5, 0.6) is 0 Å². The predicted molar refractivity (Wildman–Crippen MR) is 67.3 cm³/mol. The summed E-state index contributed by atoms with van der Waals surface area (Å²) < 4.78 is 10.5. The molecule has 1 fully saturated rings. The predicted octanol–water partition coefficient (Wildman–Crippen LogP) is 0.659. The third-order valence-electron chi connectivity index (χ3n) is 2.68. The molecule has 0 bridgehead atoms. The molecular formula is C10H18N4O2S. The molecule has 0 spiro atoms. The Bertz CT molecular complexity index is 341. The van der Waals surface area contributed by atoms with Gasteiger partial charge >= 0.3 is 0 Å². The topological polar surface area (TPSA) is 77.4 Å². The molecule has 96 valence electrons. The fraction of sp³-hybridized carbons (Fsp3) is 0.800. The zero-order chi connectivity index (χ0) is 12.1. The Labute approximate surface area is 105 Å². The lowest BCUT2D eigenvalue weighted by Gasteiger charge is -2.24. The summed E-state index contributed by atoms with van der Waals surface area (Å²) in [5.74, 6) is 2.15. The number of nitrogens with two attached hydrogens (primary N) is 1. The molecule has 0 unspecified atom stereocenters. The average molecular weight is 258 g/mol. The number of hydrogen-bond acceptors (Lipinski definition) is 7. The minimum atomic E-state index is -0.162. The lowest BCUT2D eigenvalue weighted by Crippen LogP contribution is -2.36. The van der Waals surface area contributed by atoms with Gasteiger partial charge in [-0.3, -0.25) is 0 Å². The Morgan fingerprint density at radius 3 is 2.94 bits per heavy atom. The van der Waals surface area contributed by atoms with Crippen molar-refractivity contribution in [2.45, 2.75) is 12.5 Å². The molecule has 7 heteroatoms. The van der Waals surface area contributed by atoms with Gasteiger partial charge in [0, 0.05) is 13.1 Å². The second kappa shape index (κ2) is 6.23. The lowest BCUT2D eigenvalue weighted by atomic mass is 10.2. The van der Waals surface area contributed by atoms with Crippen LogP contribution in [0.3, 0.4) is 0 Å². The molecule has 2 heterocycles. The standard InChI is InChI=1S/C10H18N4O2S/c1-17-7-2-8(11)9-12-10(13-16-9)14-3-5-15-6-4-14/h8H,2-7,11H2,1H3/t8-/m0/s1. The largest absolute Gasteiger partial charge is 0.378 e. The third-order valence-corrected chi connectivity index (χ3v) is 3.32. The molecule has 2 N–H and O–H groups in total. The fourth-order valence-corrected chi connectivity index (χ4v) is 2.13. The first kappa shape index (κ1) is 12.7. The van der Waals surface area contributed by atoms with Gasteiger partial charge in [0.15, 0.2) is 0 Å². The first-order chi connectivity index (χ1) is 8.31. The fourth-order valence-electron chi connectivity index (χ4n) is 1.64. The molecule has 0 saturated carbocycles. The summed E-state index contributed by atoms with van der Waals surface area (Å²) >= 11 is 1.76. The van der Waals surface area contributed by atoms with E-state index >= 15 is 0 Å². The summed E-state index contributed by atoms with van der Waals surface area (Å²) in [4.78, 5) is 6.40. The Kier molecular flexibility index (Phi) is 4.64. The molecule has 1 aliphatic rings. The highest BCUT2D eigenvalue weighted by Gasteiger charge is 2.19. The summed E-state index contributed by atoms with van der Waals surface area (Å²) in [5.41, 5.74) is 5.97. The molecule has 0 aliphatic carbocycles. The first-order valence-corrected chi connectivity index (χ1v) is 7.11. The van der Waals surface area contributed by atoms with E-state index in [-0.39, 0.29) is 6.04 Å². The summed E-state index contributed by atoms with van der Waals surface area (Å²) in [7, 11) is 0. The van der Waals surface area contributed by atoms with Crippen molar-refractivity contribution in [1.29, 1.82) is 0 Å². The Balaban J connectivity index is 1.94. The molecular weight excluding hydrogens is 240 g/mol. The molecule has 2 rings (SSSR count).